The number of carbonyl (C=O) groups is 1. The largest absolute Gasteiger partial charge is 0.294 e. The lowest BCUT2D eigenvalue weighted by atomic mass is 10.0. The molecule has 0 aliphatic rings. The fraction of sp³-hybridized carbons (Fsp3) is 0.0714. The summed E-state index contributed by atoms with van der Waals surface area (Å²) in [6.45, 7) is 0. The first-order chi connectivity index (χ1) is 9.41. The Kier molecular flexibility index (Phi) is 4.65. The molecule has 0 saturated carbocycles. The minimum atomic E-state index is -1.12. The van der Waals surface area contributed by atoms with Gasteiger partial charge in [0.25, 0.3) is 0 Å². The lowest BCUT2D eigenvalue weighted by Crippen LogP contribution is -2.07. The van der Waals surface area contributed by atoms with Crippen LogP contribution in [-0.2, 0) is 6.42 Å². The van der Waals surface area contributed by atoms with Crippen molar-refractivity contribution in [3.05, 3.63) is 67.9 Å². The number of hydrogen-bond acceptors (Lipinski definition) is 1. The van der Waals surface area contributed by atoms with Gasteiger partial charge in [0.1, 0.15) is 5.82 Å². The Morgan fingerprint density at radius 3 is 2.35 bits per heavy atom. The van der Waals surface area contributed by atoms with Crippen LogP contribution in [0.1, 0.15) is 15.9 Å². The van der Waals surface area contributed by atoms with Crippen LogP contribution in [0.2, 0.25) is 0 Å². The summed E-state index contributed by atoms with van der Waals surface area (Å²) in [6.07, 6.45) is -0.123. The molecule has 20 heavy (non-hydrogen) atoms. The van der Waals surface area contributed by atoms with Gasteiger partial charge in [0.15, 0.2) is 17.4 Å². The van der Waals surface area contributed by atoms with E-state index in [1.165, 1.54) is 18.2 Å². The highest BCUT2D eigenvalue weighted by Crippen LogP contribution is 2.26. The molecule has 0 amide bonds. The first kappa shape index (κ1) is 15.3. The van der Waals surface area contributed by atoms with Gasteiger partial charge in [-0.2, -0.15) is 0 Å². The van der Waals surface area contributed by atoms with Crippen molar-refractivity contribution in [3.63, 3.8) is 0 Å². The van der Waals surface area contributed by atoms with Crippen LogP contribution in [0.15, 0.2) is 39.3 Å². The standard InChI is InChI=1S/C14H7Br2F3O/c15-12-7(2-1-3-9(12)17)6-11(20)8-4-5-10(18)14(19)13(8)16/h1-5H,6H2. The van der Waals surface area contributed by atoms with Crippen LogP contribution < -0.4 is 0 Å². The molecule has 0 N–H and O–H groups in total. The first-order valence-electron chi connectivity index (χ1n) is 5.51. The van der Waals surface area contributed by atoms with E-state index in [9.17, 15) is 18.0 Å². The van der Waals surface area contributed by atoms with E-state index in [0.29, 0.717) is 5.56 Å². The Hall–Kier alpha value is -1.14. The molecule has 0 fully saturated rings. The number of rotatable bonds is 3. The molecule has 2 rings (SSSR count). The highest BCUT2D eigenvalue weighted by molar-refractivity contribution is 9.10. The van der Waals surface area contributed by atoms with Gasteiger partial charge >= 0.3 is 0 Å². The van der Waals surface area contributed by atoms with Crippen LogP contribution in [0.25, 0.3) is 0 Å². The number of benzene rings is 2. The van der Waals surface area contributed by atoms with Gasteiger partial charge in [-0.05, 0) is 55.6 Å². The van der Waals surface area contributed by atoms with Gasteiger partial charge in [0.05, 0.1) is 8.95 Å². The number of ketones is 1. The van der Waals surface area contributed by atoms with Crippen molar-refractivity contribution in [1.29, 1.82) is 0 Å². The molecule has 0 bridgehead atoms. The molecule has 6 heteroatoms. The van der Waals surface area contributed by atoms with Crippen molar-refractivity contribution in [3.8, 4) is 0 Å². The van der Waals surface area contributed by atoms with Crippen LogP contribution in [0.4, 0.5) is 13.2 Å². The molecule has 1 nitrogen and oxygen atoms in total. The Morgan fingerprint density at radius 2 is 1.65 bits per heavy atom. The average molecular weight is 408 g/mol. The van der Waals surface area contributed by atoms with Crippen LogP contribution in [0, 0.1) is 17.5 Å². The maximum Gasteiger partial charge on any atom is 0.173 e. The molecular formula is C14H7Br2F3O. The quantitative estimate of drug-likeness (QED) is 0.513. The summed E-state index contributed by atoms with van der Waals surface area (Å²) in [5.41, 5.74) is 0.451. The summed E-state index contributed by atoms with van der Waals surface area (Å²) < 4.78 is 39.7. The van der Waals surface area contributed by atoms with Gasteiger partial charge in [-0.25, -0.2) is 13.2 Å². The Labute approximate surface area is 130 Å². The average Bonchev–Trinajstić information content (AvgIpc) is 2.41. The van der Waals surface area contributed by atoms with Gasteiger partial charge in [-0.3, -0.25) is 4.79 Å². The maximum atomic E-state index is 13.4. The molecule has 104 valence electrons. The fourth-order valence-corrected chi connectivity index (χ4v) is 2.64. The van der Waals surface area contributed by atoms with E-state index < -0.39 is 23.2 Å². The molecule has 2 aromatic rings. The van der Waals surface area contributed by atoms with E-state index in [-0.39, 0.29) is 20.9 Å². The van der Waals surface area contributed by atoms with Gasteiger partial charge in [-0.1, -0.05) is 12.1 Å². The lowest BCUT2D eigenvalue weighted by molar-refractivity contribution is 0.0991. The van der Waals surface area contributed by atoms with Crippen molar-refractivity contribution in [1.82, 2.24) is 0 Å². The van der Waals surface area contributed by atoms with E-state index in [0.717, 1.165) is 6.07 Å². The number of carbonyl (C=O) groups excluding carboxylic acids is 1. The molecule has 0 aliphatic carbocycles. The lowest BCUT2D eigenvalue weighted by Gasteiger charge is -2.07. The zero-order chi connectivity index (χ0) is 14.9. The minimum Gasteiger partial charge on any atom is -0.294 e. The van der Waals surface area contributed by atoms with Crippen molar-refractivity contribution >= 4 is 37.6 Å². The number of halogens is 5. The second-order valence-corrected chi connectivity index (χ2v) is 5.62. The second kappa shape index (κ2) is 6.10. The van der Waals surface area contributed by atoms with E-state index >= 15 is 0 Å². The van der Waals surface area contributed by atoms with Crippen LogP contribution in [0.3, 0.4) is 0 Å². The van der Waals surface area contributed by atoms with Crippen molar-refractivity contribution in [2.24, 2.45) is 0 Å². The predicted octanol–water partition coefficient (Wildman–Crippen LogP) is 5.05. The monoisotopic (exact) mass is 406 g/mol. The van der Waals surface area contributed by atoms with Crippen LogP contribution in [-0.4, -0.2) is 5.78 Å². The summed E-state index contributed by atoms with van der Waals surface area (Å²) >= 11 is 5.91. The summed E-state index contributed by atoms with van der Waals surface area (Å²) in [7, 11) is 0. The highest BCUT2D eigenvalue weighted by Gasteiger charge is 2.18. The smallest absolute Gasteiger partial charge is 0.173 e. The number of Topliss-reactive ketones (excluding diaryl/α,β-unsaturated/α-hetero) is 1. The number of hydrogen-bond donors (Lipinski definition) is 0. The Morgan fingerprint density at radius 1 is 0.950 bits per heavy atom. The Balaban J connectivity index is 2.34. The molecular weight excluding hydrogens is 401 g/mol. The van der Waals surface area contributed by atoms with E-state index in [1.54, 1.807) is 6.07 Å². The van der Waals surface area contributed by atoms with Crippen molar-refractivity contribution < 1.29 is 18.0 Å². The Bertz CT molecular complexity index is 686. The predicted molar refractivity (Wildman–Crippen MR) is 76.2 cm³/mol. The van der Waals surface area contributed by atoms with Gasteiger partial charge in [0, 0.05) is 12.0 Å². The molecule has 2 aromatic carbocycles. The minimum absolute atomic E-state index is 0.0139. The maximum absolute atomic E-state index is 13.4. The zero-order valence-corrected chi connectivity index (χ0v) is 13.1. The van der Waals surface area contributed by atoms with E-state index in [1.807, 2.05) is 0 Å². The normalized spacial score (nSPS) is 10.7. The van der Waals surface area contributed by atoms with Gasteiger partial charge < -0.3 is 0 Å². The molecule has 0 atom stereocenters. The molecule has 0 heterocycles. The molecule has 0 spiro atoms. The third kappa shape index (κ3) is 2.96. The molecule has 0 saturated heterocycles. The van der Waals surface area contributed by atoms with Crippen molar-refractivity contribution in [2.75, 3.05) is 0 Å². The summed E-state index contributed by atoms with van der Waals surface area (Å²) in [4.78, 5) is 12.1. The van der Waals surface area contributed by atoms with E-state index in [2.05, 4.69) is 31.9 Å². The van der Waals surface area contributed by atoms with Gasteiger partial charge in [0.2, 0.25) is 0 Å². The third-order valence-corrected chi connectivity index (χ3v) is 4.38. The molecule has 0 radical (unpaired) electrons. The topological polar surface area (TPSA) is 17.1 Å². The summed E-state index contributed by atoms with van der Waals surface area (Å²) in [6, 6.07) is 6.39. The van der Waals surface area contributed by atoms with Crippen molar-refractivity contribution in [2.45, 2.75) is 6.42 Å². The van der Waals surface area contributed by atoms with Crippen LogP contribution >= 0.6 is 31.9 Å². The first-order valence-corrected chi connectivity index (χ1v) is 7.10. The van der Waals surface area contributed by atoms with E-state index in [4.69, 9.17) is 0 Å². The second-order valence-electron chi connectivity index (χ2n) is 4.04. The zero-order valence-electron chi connectivity index (χ0n) is 9.89. The molecule has 0 aliphatic heterocycles. The molecule has 0 aromatic heterocycles. The summed E-state index contributed by atoms with van der Waals surface area (Å²) in [5.74, 6) is -3.09. The summed E-state index contributed by atoms with van der Waals surface area (Å²) in [5, 5.41) is 0. The highest BCUT2D eigenvalue weighted by atomic mass is 79.9. The van der Waals surface area contributed by atoms with Gasteiger partial charge in [-0.15, -0.1) is 0 Å². The third-order valence-electron chi connectivity index (χ3n) is 2.72. The SMILES string of the molecule is O=C(Cc1cccc(F)c1Br)c1ccc(F)c(F)c1Br. The van der Waals surface area contributed by atoms with Crippen LogP contribution in [0.5, 0.6) is 0 Å². The fourth-order valence-electron chi connectivity index (χ4n) is 1.69. The molecule has 0 unspecified atom stereocenters.